The van der Waals surface area contributed by atoms with Crippen molar-refractivity contribution in [2.75, 3.05) is 18.4 Å². The SMILES string of the molecule is O=C(Nc1ccccc1Cl)C1CCN(C(=O)c2ccccc2)CC1. The summed E-state index contributed by atoms with van der Waals surface area (Å²) < 4.78 is 0. The third kappa shape index (κ3) is 3.77. The standard InChI is InChI=1S/C19H19ClN2O2/c20-16-8-4-5-9-17(16)21-18(23)14-10-12-22(13-11-14)19(24)15-6-2-1-3-7-15/h1-9,14H,10-13H2,(H,21,23). The molecule has 1 heterocycles. The summed E-state index contributed by atoms with van der Waals surface area (Å²) in [5.41, 5.74) is 1.32. The lowest BCUT2D eigenvalue weighted by molar-refractivity contribution is -0.121. The van der Waals surface area contributed by atoms with E-state index in [1.807, 2.05) is 47.4 Å². The molecule has 2 aromatic rings. The average molecular weight is 343 g/mol. The number of para-hydroxylation sites is 1. The predicted molar refractivity (Wildman–Crippen MR) is 95.2 cm³/mol. The molecule has 2 aromatic carbocycles. The molecule has 124 valence electrons. The van der Waals surface area contributed by atoms with Crippen molar-refractivity contribution in [2.24, 2.45) is 5.92 Å². The quantitative estimate of drug-likeness (QED) is 0.921. The van der Waals surface area contributed by atoms with E-state index in [0.29, 0.717) is 42.2 Å². The summed E-state index contributed by atoms with van der Waals surface area (Å²) in [7, 11) is 0. The summed E-state index contributed by atoms with van der Waals surface area (Å²) in [6.07, 6.45) is 1.32. The number of amides is 2. The van der Waals surface area contributed by atoms with Crippen LogP contribution in [0.25, 0.3) is 0 Å². The van der Waals surface area contributed by atoms with Gasteiger partial charge in [0.25, 0.3) is 5.91 Å². The molecular weight excluding hydrogens is 324 g/mol. The normalized spacial score (nSPS) is 15.1. The van der Waals surface area contributed by atoms with Gasteiger partial charge in [-0.25, -0.2) is 0 Å². The first kappa shape index (κ1) is 16.5. The highest BCUT2D eigenvalue weighted by atomic mass is 35.5. The zero-order valence-corrected chi connectivity index (χ0v) is 14.0. The predicted octanol–water partition coefficient (Wildman–Crippen LogP) is 3.83. The van der Waals surface area contributed by atoms with E-state index in [2.05, 4.69) is 5.32 Å². The number of nitrogens with one attached hydrogen (secondary N) is 1. The maximum Gasteiger partial charge on any atom is 0.253 e. The second-order valence-electron chi connectivity index (χ2n) is 5.90. The van der Waals surface area contributed by atoms with Crippen LogP contribution in [0.2, 0.25) is 5.02 Å². The van der Waals surface area contributed by atoms with Crippen LogP contribution in [0.3, 0.4) is 0 Å². The number of rotatable bonds is 3. The number of hydrogen-bond donors (Lipinski definition) is 1. The number of benzene rings is 2. The van der Waals surface area contributed by atoms with E-state index in [-0.39, 0.29) is 17.7 Å². The van der Waals surface area contributed by atoms with Crippen LogP contribution in [0, 0.1) is 5.92 Å². The van der Waals surface area contributed by atoms with Gasteiger partial charge in [-0.05, 0) is 37.1 Å². The molecule has 0 atom stereocenters. The van der Waals surface area contributed by atoms with Crippen molar-refractivity contribution in [3.8, 4) is 0 Å². The average Bonchev–Trinajstić information content (AvgIpc) is 2.64. The molecule has 3 rings (SSSR count). The smallest absolute Gasteiger partial charge is 0.253 e. The molecule has 0 bridgehead atoms. The molecule has 0 unspecified atom stereocenters. The van der Waals surface area contributed by atoms with Gasteiger partial charge in [0.1, 0.15) is 0 Å². The van der Waals surface area contributed by atoms with E-state index in [1.54, 1.807) is 12.1 Å². The van der Waals surface area contributed by atoms with Gasteiger partial charge >= 0.3 is 0 Å². The topological polar surface area (TPSA) is 49.4 Å². The van der Waals surface area contributed by atoms with Crippen molar-refractivity contribution < 1.29 is 9.59 Å². The molecule has 0 aliphatic carbocycles. The lowest BCUT2D eigenvalue weighted by Gasteiger charge is -2.31. The molecule has 1 N–H and O–H groups in total. The Morgan fingerprint density at radius 3 is 2.25 bits per heavy atom. The van der Waals surface area contributed by atoms with Crippen LogP contribution < -0.4 is 5.32 Å². The highest BCUT2D eigenvalue weighted by Gasteiger charge is 2.28. The molecule has 24 heavy (non-hydrogen) atoms. The van der Waals surface area contributed by atoms with Gasteiger partial charge in [0.2, 0.25) is 5.91 Å². The lowest BCUT2D eigenvalue weighted by Crippen LogP contribution is -2.41. The monoisotopic (exact) mass is 342 g/mol. The molecule has 1 fully saturated rings. The first-order valence-electron chi connectivity index (χ1n) is 8.05. The maximum atomic E-state index is 12.4. The van der Waals surface area contributed by atoms with E-state index >= 15 is 0 Å². The number of piperidine rings is 1. The Labute approximate surface area is 146 Å². The van der Waals surface area contributed by atoms with Gasteiger partial charge in [-0.2, -0.15) is 0 Å². The van der Waals surface area contributed by atoms with E-state index in [4.69, 9.17) is 11.6 Å². The molecule has 0 radical (unpaired) electrons. The molecule has 0 spiro atoms. The third-order valence-corrected chi connectivity index (χ3v) is 4.64. The number of carbonyl (C=O) groups is 2. The molecule has 1 aliphatic rings. The first-order chi connectivity index (χ1) is 11.6. The third-order valence-electron chi connectivity index (χ3n) is 4.31. The Bertz CT molecular complexity index is 725. The summed E-state index contributed by atoms with van der Waals surface area (Å²) in [6.45, 7) is 1.18. The van der Waals surface area contributed by atoms with Gasteiger partial charge in [-0.1, -0.05) is 41.9 Å². The first-order valence-corrected chi connectivity index (χ1v) is 8.42. The summed E-state index contributed by atoms with van der Waals surface area (Å²) in [5.74, 6) is -0.100. The Balaban J connectivity index is 1.56. The van der Waals surface area contributed by atoms with E-state index in [1.165, 1.54) is 0 Å². The molecule has 5 heteroatoms. The van der Waals surface area contributed by atoms with E-state index < -0.39 is 0 Å². The van der Waals surface area contributed by atoms with Crippen molar-refractivity contribution in [2.45, 2.75) is 12.8 Å². The van der Waals surface area contributed by atoms with Gasteiger partial charge in [0.15, 0.2) is 0 Å². The van der Waals surface area contributed by atoms with Crippen LogP contribution in [0.15, 0.2) is 54.6 Å². The Morgan fingerprint density at radius 1 is 0.958 bits per heavy atom. The minimum Gasteiger partial charge on any atom is -0.339 e. The summed E-state index contributed by atoms with van der Waals surface area (Å²) in [5, 5.41) is 3.41. The fourth-order valence-electron chi connectivity index (χ4n) is 2.91. The molecule has 0 saturated carbocycles. The highest BCUT2D eigenvalue weighted by molar-refractivity contribution is 6.33. The molecular formula is C19H19ClN2O2. The highest BCUT2D eigenvalue weighted by Crippen LogP contribution is 2.24. The zero-order valence-electron chi connectivity index (χ0n) is 13.2. The van der Waals surface area contributed by atoms with Crippen molar-refractivity contribution in [3.05, 3.63) is 65.2 Å². The van der Waals surface area contributed by atoms with Crippen molar-refractivity contribution >= 4 is 29.1 Å². The molecule has 1 saturated heterocycles. The number of anilines is 1. The van der Waals surface area contributed by atoms with Gasteiger partial charge in [0, 0.05) is 24.6 Å². The van der Waals surface area contributed by atoms with Gasteiger partial charge in [-0.3, -0.25) is 9.59 Å². The number of halogens is 1. The fourth-order valence-corrected chi connectivity index (χ4v) is 3.09. The van der Waals surface area contributed by atoms with Crippen molar-refractivity contribution in [3.63, 3.8) is 0 Å². The number of likely N-dealkylation sites (tertiary alicyclic amines) is 1. The lowest BCUT2D eigenvalue weighted by atomic mass is 9.95. The molecule has 1 aliphatic heterocycles. The van der Waals surface area contributed by atoms with Crippen LogP contribution in [0.1, 0.15) is 23.2 Å². The second kappa shape index (κ2) is 7.49. The van der Waals surface area contributed by atoms with Crippen LogP contribution in [-0.2, 0) is 4.79 Å². The minimum absolute atomic E-state index is 0.0283. The fraction of sp³-hybridized carbons (Fsp3) is 0.263. The van der Waals surface area contributed by atoms with Crippen LogP contribution >= 0.6 is 11.6 Å². The largest absolute Gasteiger partial charge is 0.339 e. The Morgan fingerprint density at radius 2 is 1.58 bits per heavy atom. The van der Waals surface area contributed by atoms with Crippen molar-refractivity contribution in [1.29, 1.82) is 0 Å². The molecule has 0 aromatic heterocycles. The van der Waals surface area contributed by atoms with Gasteiger partial charge < -0.3 is 10.2 Å². The second-order valence-corrected chi connectivity index (χ2v) is 6.31. The summed E-state index contributed by atoms with van der Waals surface area (Å²) in [4.78, 5) is 26.6. The molecule has 4 nitrogen and oxygen atoms in total. The Kier molecular flexibility index (Phi) is 5.16. The van der Waals surface area contributed by atoms with Gasteiger partial charge in [-0.15, -0.1) is 0 Å². The van der Waals surface area contributed by atoms with Crippen LogP contribution in [0.5, 0.6) is 0 Å². The van der Waals surface area contributed by atoms with Gasteiger partial charge in [0.05, 0.1) is 10.7 Å². The Hall–Kier alpha value is -2.33. The zero-order chi connectivity index (χ0) is 16.9. The number of nitrogens with zero attached hydrogens (tertiary/aromatic N) is 1. The number of hydrogen-bond acceptors (Lipinski definition) is 2. The van der Waals surface area contributed by atoms with Crippen LogP contribution in [-0.4, -0.2) is 29.8 Å². The summed E-state index contributed by atoms with van der Waals surface area (Å²) >= 11 is 6.07. The van der Waals surface area contributed by atoms with E-state index in [9.17, 15) is 9.59 Å². The van der Waals surface area contributed by atoms with Crippen molar-refractivity contribution in [1.82, 2.24) is 4.90 Å². The molecule has 2 amide bonds. The van der Waals surface area contributed by atoms with E-state index in [0.717, 1.165) is 0 Å². The number of carbonyl (C=O) groups excluding carboxylic acids is 2. The maximum absolute atomic E-state index is 12.4. The van der Waals surface area contributed by atoms with Crippen LogP contribution in [0.4, 0.5) is 5.69 Å². The summed E-state index contributed by atoms with van der Waals surface area (Å²) in [6, 6.07) is 16.4. The minimum atomic E-state index is -0.0962.